The summed E-state index contributed by atoms with van der Waals surface area (Å²) in [5.74, 6) is -1.03. The van der Waals surface area contributed by atoms with Crippen molar-refractivity contribution in [1.82, 2.24) is 10.2 Å². The summed E-state index contributed by atoms with van der Waals surface area (Å²) in [6.45, 7) is 6.74. The molecule has 0 saturated carbocycles. The first-order valence-corrected chi connectivity index (χ1v) is 15.0. The summed E-state index contributed by atoms with van der Waals surface area (Å²) in [4.78, 5) is 28.4. The zero-order valence-corrected chi connectivity index (χ0v) is 25.6. The fraction of sp³-hybridized carbons (Fsp3) is 0.355. The zero-order valence-electron chi connectivity index (χ0n) is 24.8. The van der Waals surface area contributed by atoms with E-state index in [9.17, 15) is 22.4 Å². The lowest BCUT2D eigenvalue weighted by molar-refractivity contribution is -0.139. The molecule has 0 spiro atoms. The maximum absolute atomic E-state index is 14.0. The van der Waals surface area contributed by atoms with Crippen LogP contribution in [0.15, 0.2) is 71.6 Å². The van der Waals surface area contributed by atoms with Crippen LogP contribution >= 0.6 is 0 Å². The average Bonchev–Trinajstić information content (AvgIpc) is 2.98. The van der Waals surface area contributed by atoms with Gasteiger partial charge in [-0.25, -0.2) is 12.8 Å². The van der Waals surface area contributed by atoms with Gasteiger partial charge in [0.15, 0.2) is 11.5 Å². The number of hydrogen-bond donors (Lipinski definition) is 1. The molecule has 42 heavy (non-hydrogen) atoms. The first kappa shape index (κ1) is 32.4. The van der Waals surface area contributed by atoms with E-state index in [0.717, 1.165) is 27.6 Å². The van der Waals surface area contributed by atoms with Crippen LogP contribution in [0, 0.1) is 12.7 Å². The van der Waals surface area contributed by atoms with Crippen molar-refractivity contribution >= 4 is 27.5 Å². The maximum atomic E-state index is 14.0. The number of methoxy groups -OCH3 is 2. The van der Waals surface area contributed by atoms with Crippen molar-refractivity contribution in [2.24, 2.45) is 0 Å². The highest BCUT2D eigenvalue weighted by atomic mass is 32.2. The van der Waals surface area contributed by atoms with Crippen LogP contribution in [0.25, 0.3) is 0 Å². The smallest absolute Gasteiger partial charge is 0.264 e. The molecule has 9 nitrogen and oxygen atoms in total. The molecule has 3 rings (SSSR count). The molecule has 3 aromatic carbocycles. The van der Waals surface area contributed by atoms with Gasteiger partial charge >= 0.3 is 0 Å². The number of sulfonamides is 1. The summed E-state index contributed by atoms with van der Waals surface area (Å²) >= 11 is 0. The molecular weight excluding hydrogens is 561 g/mol. The Labute approximate surface area is 247 Å². The van der Waals surface area contributed by atoms with Crippen LogP contribution in [0.2, 0.25) is 0 Å². The molecule has 11 heteroatoms. The molecule has 0 fully saturated rings. The molecular formula is C31H38FN3O6S. The molecule has 0 aromatic heterocycles. The van der Waals surface area contributed by atoms with Crippen LogP contribution in [0.1, 0.15) is 38.3 Å². The maximum Gasteiger partial charge on any atom is 0.264 e. The summed E-state index contributed by atoms with van der Waals surface area (Å²) in [5.41, 5.74) is 1.80. The third kappa shape index (κ3) is 7.58. The Bertz CT molecular complexity index is 1500. The van der Waals surface area contributed by atoms with Crippen molar-refractivity contribution in [3.63, 3.8) is 0 Å². The first-order chi connectivity index (χ1) is 19.9. The van der Waals surface area contributed by atoms with Gasteiger partial charge in [0.05, 0.1) is 24.8 Å². The molecule has 0 saturated heterocycles. The lowest BCUT2D eigenvalue weighted by atomic mass is 10.1. The number of nitrogens with zero attached hydrogens (tertiary/aromatic N) is 2. The minimum absolute atomic E-state index is 0.0760. The third-order valence-electron chi connectivity index (χ3n) is 7.11. The third-order valence-corrected chi connectivity index (χ3v) is 8.88. The van der Waals surface area contributed by atoms with Crippen LogP contribution in [-0.2, 0) is 26.2 Å². The number of rotatable bonds is 13. The Kier molecular flexibility index (Phi) is 10.9. The first-order valence-electron chi connectivity index (χ1n) is 13.6. The topological polar surface area (TPSA) is 105 Å². The Balaban J connectivity index is 2.07. The number of anilines is 1. The highest BCUT2D eigenvalue weighted by molar-refractivity contribution is 7.92. The fourth-order valence-electron chi connectivity index (χ4n) is 4.26. The van der Waals surface area contributed by atoms with Crippen molar-refractivity contribution in [2.75, 3.05) is 25.1 Å². The van der Waals surface area contributed by atoms with Gasteiger partial charge in [-0.15, -0.1) is 0 Å². The van der Waals surface area contributed by atoms with Gasteiger partial charge in [0.25, 0.3) is 10.0 Å². The van der Waals surface area contributed by atoms with E-state index in [1.165, 1.54) is 49.5 Å². The number of nitrogens with one attached hydrogen (secondary N) is 1. The van der Waals surface area contributed by atoms with Crippen LogP contribution in [0.4, 0.5) is 10.1 Å². The summed E-state index contributed by atoms with van der Waals surface area (Å²) in [6.07, 6.45) is 0.701. The minimum Gasteiger partial charge on any atom is -0.493 e. The Morgan fingerprint density at radius 2 is 1.60 bits per heavy atom. The molecule has 0 radical (unpaired) electrons. The number of amides is 2. The number of halogens is 1. The minimum atomic E-state index is -4.38. The normalized spacial score (nSPS) is 12.6. The SMILES string of the molecule is CC[C@H](C)NC(=O)[C@H](C)N(Cc1ccccc1C)C(=O)CN(c1ccc(F)cc1)S(=O)(=O)c1ccc(OC)c(OC)c1. The second-order valence-corrected chi connectivity index (χ2v) is 11.8. The lowest BCUT2D eigenvalue weighted by Crippen LogP contribution is -2.52. The molecule has 0 aliphatic rings. The molecule has 1 N–H and O–H groups in total. The van der Waals surface area contributed by atoms with Gasteiger partial charge in [0.1, 0.15) is 18.4 Å². The van der Waals surface area contributed by atoms with Gasteiger partial charge in [-0.05, 0) is 74.7 Å². The van der Waals surface area contributed by atoms with Gasteiger partial charge in [-0.1, -0.05) is 31.2 Å². The van der Waals surface area contributed by atoms with E-state index in [0.29, 0.717) is 12.2 Å². The molecule has 0 aliphatic heterocycles. The van der Waals surface area contributed by atoms with Crippen LogP contribution in [0.5, 0.6) is 11.5 Å². The van der Waals surface area contributed by atoms with E-state index in [2.05, 4.69) is 5.32 Å². The molecule has 0 heterocycles. The number of carbonyl (C=O) groups is 2. The molecule has 0 aliphatic carbocycles. The summed E-state index contributed by atoms with van der Waals surface area (Å²) < 4.78 is 53.3. The van der Waals surface area contributed by atoms with Gasteiger partial charge in [-0.2, -0.15) is 0 Å². The molecule has 226 valence electrons. The second-order valence-electron chi connectivity index (χ2n) is 9.95. The molecule has 3 aromatic rings. The Hall–Kier alpha value is -4.12. The highest BCUT2D eigenvalue weighted by Crippen LogP contribution is 2.32. The lowest BCUT2D eigenvalue weighted by Gasteiger charge is -2.32. The van der Waals surface area contributed by atoms with Gasteiger partial charge in [0.2, 0.25) is 11.8 Å². The average molecular weight is 600 g/mol. The van der Waals surface area contributed by atoms with Gasteiger partial charge < -0.3 is 19.7 Å². The number of benzene rings is 3. The Morgan fingerprint density at radius 3 is 2.19 bits per heavy atom. The van der Waals surface area contributed by atoms with E-state index in [-0.39, 0.29) is 34.8 Å². The van der Waals surface area contributed by atoms with Crippen molar-refractivity contribution in [3.05, 3.63) is 83.7 Å². The molecule has 0 bridgehead atoms. The largest absolute Gasteiger partial charge is 0.493 e. The predicted molar refractivity (Wildman–Crippen MR) is 160 cm³/mol. The van der Waals surface area contributed by atoms with E-state index < -0.39 is 34.3 Å². The quantitative estimate of drug-likeness (QED) is 0.306. The van der Waals surface area contributed by atoms with E-state index in [1.807, 2.05) is 45.0 Å². The molecule has 2 atom stereocenters. The van der Waals surface area contributed by atoms with E-state index in [4.69, 9.17) is 9.47 Å². The van der Waals surface area contributed by atoms with Crippen LogP contribution in [0.3, 0.4) is 0 Å². The number of aryl methyl sites for hydroxylation is 1. The van der Waals surface area contributed by atoms with Crippen LogP contribution < -0.4 is 19.1 Å². The van der Waals surface area contributed by atoms with E-state index in [1.54, 1.807) is 6.92 Å². The zero-order chi connectivity index (χ0) is 31.0. The predicted octanol–water partition coefficient (Wildman–Crippen LogP) is 4.68. The molecule has 0 unspecified atom stereocenters. The van der Waals surface area contributed by atoms with Crippen molar-refractivity contribution < 1.29 is 31.9 Å². The van der Waals surface area contributed by atoms with Crippen molar-refractivity contribution in [2.45, 2.75) is 57.6 Å². The summed E-state index contributed by atoms with van der Waals surface area (Å²) in [6, 6.07) is 15.3. The van der Waals surface area contributed by atoms with E-state index >= 15 is 0 Å². The van der Waals surface area contributed by atoms with Crippen molar-refractivity contribution in [3.8, 4) is 11.5 Å². The fourth-order valence-corrected chi connectivity index (χ4v) is 5.69. The highest BCUT2D eigenvalue weighted by Gasteiger charge is 2.33. The van der Waals surface area contributed by atoms with Crippen molar-refractivity contribution in [1.29, 1.82) is 0 Å². The summed E-state index contributed by atoms with van der Waals surface area (Å²) in [7, 11) is -1.57. The summed E-state index contributed by atoms with van der Waals surface area (Å²) in [5, 5.41) is 2.90. The number of ether oxygens (including phenoxy) is 2. The number of carbonyl (C=O) groups excluding carboxylic acids is 2. The Morgan fingerprint density at radius 1 is 0.952 bits per heavy atom. The molecule has 2 amide bonds. The number of hydrogen-bond acceptors (Lipinski definition) is 6. The van der Waals surface area contributed by atoms with Crippen LogP contribution in [-0.4, -0.2) is 58.0 Å². The second kappa shape index (κ2) is 14.2. The van der Waals surface area contributed by atoms with Gasteiger partial charge in [0, 0.05) is 18.7 Å². The monoisotopic (exact) mass is 599 g/mol. The standard InChI is InChI=1S/C31H38FN3O6S/c1-7-22(3)33-31(37)23(4)34(19-24-11-9-8-10-21(24)2)30(36)20-35(26-14-12-25(32)13-15-26)42(38,39)27-16-17-28(40-5)29(18-27)41-6/h8-18,22-23H,7,19-20H2,1-6H3,(H,33,37)/t22-,23-/m0/s1. The van der Waals surface area contributed by atoms with Gasteiger partial charge in [-0.3, -0.25) is 13.9 Å².